The number of piperidine rings is 1. The van der Waals surface area contributed by atoms with Crippen LogP contribution in [0.3, 0.4) is 0 Å². The summed E-state index contributed by atoms with van der Waals surface area (Å²) in [5.41, 5.74) is 2.09. The van der Waals surface area contributed by atoms with Gasteiger partial charge in [-0.3, -0.25) is 14.5 Å². The fourth-order valence-electron chi connectivity index (χ4n) is 3.53. The van der Waals surface area contributed by atoms with Crippen LogP contribution in [0.15, 0.2) is 42.7 Å². The predicted octanol–water partition coefficient (Wildman–Crippen LogP) is 2.50. The molecule has 0 saturated carbocycles. The molecule has 0 bridgehead atoms. The lowest BCUT2D eigenvalue weighted by Crippen LogP contribution is -2.41. The zero-order valence-electron chi connectivity index (χ0n) is 17.4. The van der Waals surface area contributed by atoms with Gasteiger partial charge in [0.1, 0.15) is 5.69 Å². The van der Waals surface area contributed by atoms with Gasteiger partial charge in [-0.15, -0.1) is 5.10 Å². The molecule has 0 radical (unpaired) electrons. The number of aromatic nitrogens is 4. The van der Waals surface area contributed by atoms with E-state index in [1.807, 2.05) is 35.2 Å². The third kappa shape index (κ3) is 6.48. The molecule has 2 N–H and O–H groups in total. The number of rotatable bonds is 4. The molecule has 1 amide bonds. The summed E-state index contributed by atoms with van der Waals surface area (Å²) in [6.07, 6.45) is 0.361. The normalized spacial score (nSPS) is 16.2. The van der Waals surface area contributed by atoms with Gasteiger partial charge in [-0.25, -0.2) is 4.79 Å². The quantitative estimate of drug-likeness (QED) is 0.607. The summed E-state index contributed by atoms with van der Waals surface area (Å²) in [5.74, 6) is -2.40. The number of carboxylic acid groups (broad SMARTS) is 1. The number of aliphatic hydroxyl groups is 1. The zero-order valence-corrected chi connectivity index (χ0v) is 17.4. The van der Waals surface area contributed by atoms with Crippen molar-refractivity contribution in [3.05, 3.63) is 54.0 Å². The van der Waals surface area contributed by atoms with Gasteiger partial charge in [-0.05, 0) is 30.9 Å². The van der Waals surface area contributed by atoms with Crippen molar-refractivity contribution >= 4 is 22.8 Å². The van der Waals surface area contributed by atoms with Crippen molar-refractivity contribution in [3.8, 4) is 0 Å². The summed E-state index contributed by atoms with van der Waals surface area (Å²) in [6, 6.07) is 9.73. The van der Waals surface area contributed by atoms with E-state index in [9.17, 15) is 18.0 Å². The number of likely N-dealkylation sites (tertiary alicyclic amines) is 1. The minimum Gasteiger partial charge on any atom is -0.475 e. The third-order valence-corrected chi connectivity index (χ3v) is 5.08. The van der Waals surface area contributed by atoms with Crippen LogP contribution in [-0.4, -0.2) is 66.2 Å². The first-order valence-corrected chi connectivity index (χ1v) is 10.1. The Labute approximate surface area is 186 Å². The molecule has 9 nitrogen and oxygen atoms in total. The number of alkyl halides is 3. The van der Waals surface area contributed by atoms with E-state index in [2.05, 4.69) is 15.3 Å². The SMILES string of the molecule is O=C(O)C(F)(F)F.O=C(c1cnc2ccccc2c1)N1CCCC(Cn2cc(CO)nn2)C1. The lowest BCUT2D eigenvalue weighted by molar-refractivity contribution is -0.192. The Morgan fingerprint density at radius 2 is 1.94 bits per heavy atom. The number of halogens is 3. The van der Waals surface area contributed by atoms with Gasteiger partial charge in [-0.1, -0.05) is 23.4 Å². The minimum atomic E-state index is -5.08. The highest BCUT2D eigenvalue weighted by molar-refractivity contribution is 5.97. The van der Waals surface area contributed by atoms with Crippen LogP contribution in [0.4, 0.5) is 13.2 Å². The molecule has 1 fully saturated rings. The van der Waals surface area contributed by atoms with Gasteiger partial charge in [-0.2, -0.15) is 13.2 Å². The van der Waals surface area contributed by atoms with Gasteiger partial charge in [0.15, 0.2) is 0 Å². The van der Waals surface area contributed by atoms with Crippen molar-refractivity contribution in [1.82, 2.24) is 24.9 Å². The van der Waals surface area contributed by atoms with Crippen LogP contribution < -0.4 is 0 Å². The maximum absolute atomic E-state index is 12.9. The Hall–Kier alpha value is -3.54. The summed E-state index contributed by atoms with van der Waals surface area (Å²) in [4.78, 5) is 28.1. The number of pyridine rings is 1. The highest BCUT2D eigenvalue weighted by Crippen LogP contribution is 2.21. The maximum Gasteiger partial charge on any atom is 0.490 e. The van der Waals surface area contributed by atoms with Crippen molar-refractivity contribution in [2.75, 3.05) is 13.1 Å². The number of aliphatic hydroxyl groups excluding tert-OH is 1. The molecule has 1 aliphatic rings. The number of amides is 1. The molecule has 33 heavy (non-hydrogen) atoms. The van der Waals surface area contributed by atoms with Crippen LogP contribution in [0.5, 0.6) is 0 Å². The van der Waals surface area contributed by atoms with Crippen LogP contribution in [0, 0.1) is 5.92 Å². The molecule has 0 aliphatic carbocycles. The largest absolute Gasteiger partial charge is 0.490 e. The predicted molar refractivity (Wildman–Crippen MR) is 110 cm³/mol. The van der Waals surface area contributed by atoms with Gasteiger partial charge < -0.3 is 15.1 Å². The Balaban J connectivity index is 0.000000383. The number of benzene rings is 1. The molecule has 3 heterocycles. The first kappa shape index (κ1) is 24.1. The van der Waals surface area contributed by atoms with Crippen molar-refractivity contribution < 1.29 is 33.0 Å². The van der Waals surface area contributed by atoms with E-state index in [-0.39, 0.29) is 12.5 Å². The topological polar surface area (TPSA) is 121 Å². The first-order valence-electron chi connectivity index (χ1n) is 10.1. The average Bonchev–Trinajstić information content (AvgIpc) is 3.25. The molecule has 1 aliphatic heterocycles. The summed E-state index contributed by atoms with van der Waals surface area (Å²) >= 11 is 0. The number of carbonyl (C=O) groups excluding carboxylic acids is 1. The number of fused-ring (bicyclic) bond motifs is 1. The fourth-order valence-corrected chi connectivity index (χ4v) is 3.53. The van der Waals surface area contributed by atoms with Crippen LogP contribution in [0.2, 0.25) is 0 Å². The number of hydrogen-bond donors (Lipinski definition) is 2. The molecule has 2 aromatic heterocycles. The van der Waals surface area contributed by atoms with Crippen molar-refractivity contribution in [2.45, 2.75) is 32.2 Å². The van der Waals surface area contributed by atoms with Gasteiger partial charge >= 0.3 is 12.1 Å². The molecule has 4 rings (SSSR count). The fraction of sp³-hybridized carbons (Fsp3) is 0.381. The Bertz CT molecular complexity index is 1120. The molecule has 176 valence electrons. The van der Waals surface area contributed by atoms with Gasteiger partial charge in [0.2, 0.25) is 0 Å². The number of nitrogens with zero attached hydrogens (tertiary/aromatic N) is 5. The maximum atomic E-state index is 12.9. The van der Waals surface area contributed by atoms with Crippen LogP contribution >= 0.6 is 0 Å². The third-order valence-electron chi connectivity index (χ3n) is 5.08. The number of aliphatic carboxylic acids is 1. The summed E-state index contributed by atoms with van der Waals surface area (Å²) < 4.78 is 33.5. The van der Waals surface area contributed by atoms with Crippen molar-refractivity contribution in [2.24, 2.45) is 5.92 Å². The van der Waals surface area contributed by atoms with Gasteiger partial charge in [0, 0.05) is 31.2 Å². The number of carbonyl (C=O) groups is 2. The molecule has 1 atom stereocenters. The van der Waals surface area contributed by atoms with E-state index >= 15 is 0 Å². The molecular weight excluding hydrogens is 443 g/mol. The lowest BCUT2D eigenvalue weighted by atomic mass is 9.97. The Morgan fingerprint density at radius 3 is 2.61 bits per heavy atom. The second-order valence-electron chi connectivity index (χ2n) is 7.57. The number of carboxylic acids is 1. The summed E-state index contributed by atoms with van der Waals surface area (Å²) in [7, 11) is 0. The van der Waals surface area contributed by atoms with Gasteiger partial charge in [0.25, 0.3) is 5.91 Å². The molecule has 1 unspecified atom stereocenters. The van der Waals surface area contributed by atoms with E-state index in [1.165, 1.54) is 0 Å². The van der Waals surface area contributed by atoms with E-state index in [0.29, 0.717) is 30.3 Å². The Morgan fingerprint density at radius 1 is 1.21 bits per heavy atom. The van der Waals surface area contributed by atoms with Crippen LogP contribution in [0.1, 0.15) is 28.9 Å². The molecule has 1 aromatic carbocycles. The average molecular weight is 465 g/mol. The second kappa shape index (κ2) is 10.4. The van der Waals surface area contributed by atoms with E-state index in [1.54, 1.807) is 17.1 Å². The standard InChI is InChI=1S/C19H21N5O2.C2HF3O2/c25-13-17-12-24(22-21-17)11-14-4-3-7-23(10-14)19(26)16-8-15-5-1-2-6-18(15)20-9-16;3-2(4,5)1(6)7/h1-2,5-6,8-9,12,14,25H,3-4,7,10-11,13H2;(H,6,7). The highest BCUT2D eigenvalue weighted by Gasteiger charge is 2.38. The number of para-hydroxylation sites is 1. The Kier molecular flexibility index (Phi) is 7.59. The molecule has 0 spiro atoms. The minimum absolute atomic E-state index is 0.0302. The van der Waals surface area contributed by atoms with Crippen molar-refractivity contribution in [3.63, 3.8) is 0 Å². The van der Waals surface area contributed by atoms with Crippen LogP contribution in [-0.2, 0) is 17.9 Å². The van der Waals surface area contributed by atoms with Gasteiger partial charge in [0.05, 0.1) is 23.9 Å². The first-order chi connectivity index (χ1) is 15.7. The van der Waals surface area contributed by atoms with E-state index in [0.717, 1.165) is 30.3 Å². The lowest BCUT2D eigenvalue weighted by Gasteiger charge is -2.32. The van der Waals surface area contributed by atoms with Crippen LogP contribution in [0.25, 0.3) is 10.9 Å². The monoisotopic (exact) mass is 465 g/mol. The molecule has 1 saturated heterocycles. The highest BCUT2D eigenvalue weighted by atomic mass is 19.4. The summed E-state index contributed by atoms with van der Waals surface area (Å²) in [5, 5.41) is 25.1. The molecule has 12 heteroatoms. The molecular formula is C21H22F3N5O4. The van der Waals surface area contributed by atoms with E-state index < -0.39 is 12.1 Å². The zero-order chi connectivity index (χ0) is 24.0. The van der Waals surface area contributed by atoms with Crippen molar-refractivity contribution in [1.29, 1.82) is 0 Å². The van der Waals surface area contributed by atoms with E-state index in [4.69, 9.17) is 15.0 Å². The second-order valence-corrected chi connectivity index (χ2v) is 7.57. The molecule has 3 aromatic rings. The summed E-state index contributed by atoms with van der Waals surface area (Å²) in [6.45, 7) is 2.05. The smallest absolute Gasteiger partial charge is 0.475 e. The number of hydrogen-bond acceptors (Lipinski definition) is 6.